The molecule has 0 aliphatic heterocycles. The van der Waals surface area contributed by atoms with Gasteiger partial charge >= 0.3 is 0 Å². The molecular formula is C13H13N5OS. The highest BCUT2D eigenvalue weighted by Gasteiger charge is 2.08. The van der Waals surface area contributed by atoms with E-state index in [-0.39, 0.29) is 0 Å². The Kier molecular flexibility index (Phi) is 4.07. The van der Waals surface area contributed by atoms with Gasteiger partial charge in [-0.15, -0.1) is 5.10 Å². The van der Waals surface area contributed by atoms with Crippen molar-refractivity contribution >= 4 is 11.8 Å². The maximum absolute atomic E-state index is 5.30. The van der Waals surface area contributed by atoms with Crippen molar-refractivity contribution in [3.05, 3.63) is 54.2 Å². The van der Waals surface area contributed by atoms with E-state index in [0.29, 0.717) is 6.54 Å². The van der Waals surface area contributed by atoms with E-state index < -0.39 is 0 Å². The number of pyridine rings is 1. The molecule has 0 radical (unpaired) electrons. The Morgan fingerprint density at radius 1 is 1.20 bits per heavy atom. The molecule has 0 bridgehead atoms. The smallest absolute Gasteiger partial charge is 0.209 e. The molecule has 0 aliphatic rings. The number of nitrogens with zero attached hydrogens (tertiary/aromatic N) is 5. The molecule has 3 aromatic rings. The maximum Gasteiger partial charge on any atom is 0.209 e. The zero-order chi connectivity index (χ0) is 13.6. The van der Waals surface area contributed by atoms with Crippen molar-refractivity contribution in [2.45, 2.75) is 18.1 Å². The molecule has 102 valence electrons. The summed E-state index contributed by atoms with van der Waals surface area (Å²) in [5.41, 5.74) is 1.07. The van der Waals surface area contributed by atoms with Crippen LogP contribution in [0.4, 0.5) is 0 Å². The van der Waals surface area contributed by atoms with E-state index in [2.05, 4.69) is 20.5 Å². The standard InChI is InChI=1S/C13H13N5OS/c1-2-7-14-11(4-1)6-9-20-13-15-16-17-18(13)10-12-5-3-8-19-12/h1-5,7-8H,6,9-10H2. The molecule has 0 saturated heterocycles. The van der Waals surface area contributed by atoms with Gasteiger partial charge in [0.2, 0.25) is 5.16 Å². The normalized spacial score (nSPS) is 10.8. The van der Waals surface area contributed by atoms with Crippen LogP contribution in [0.1, 0.15) is 11.5 Å². The SMILES string of the molecule is c1ccc(CCSc2nnnn2Cc2ccco2)nc1. The predicted molar refractivity (Wildman–Crippen MR) is 74.3 cm³/mol. The fourth-order valence-electron chi connectivity index (χ4n) is 1.74. The number of furan rings is 1. The molecule has 20 heavy (non-hydrogen) atoms. The van der Waals surface area contributed by atoms with E-state index in [1.54, 1.807) is 28.9 Å². The van der Waals surface area contributed by atoms with Crippen molar-refractivity contribution in [2.24, 2.45) is 0 Å². The van der Waals surface area contributed by atoms with Gasteiger partial charge in [0.1, 0.15) is 12.3 Å². The molecule has 0 aromatic carbocycles. The highest BCUT2D eigenvalue weighted by molar-refractivity contribution is 7.99. The fraction of sp³-hybridized carbons (Fsp3) is 0.231. The largest absolute Gasteiger partial charge is 0.467 e. The van der Waals surface area contributed by atoms with Gasteiger partial charge in [-0.1, -0.05) is 17.8 Å². The summed E-state index contributed by atoms with van der Waals surface area (Å²) in [6.07, 6.45) is 4.34. The van der Waals surface area contributed by atoms with Crippen molar-refractivity contribution in [1.82, 2.24) is 25.2 Å². The fourth-order valence-corrected chi connectivity index (χ4v) is 2.58. The van der Waals surface area contributed by atoms with Crippen molar-refractivity contribution in [1.29, 1.82) is 0 Å². The second kappa shape index (κ2) is 6.33. The molecule has 0 saturated carbocycles. The minimum absolute atomic E-state index is 0.548. The zero-order valence-electron chi connectivity index (χ0n) is 10.7. The summed E-state index contributed by atoms with van der Waals surface area (Å²) in [5, 5.41) is 12.5. The van der Waals surface area contributed by atoms with Crippen LogP contribution in [0.2, 0.25) is 0 Å². The van der Waals surface area contributed by atoms with Crippen LogP contribution in [0.15, 0.2) is 52.4 Å². The molecule has 6 nitrogen and oxygen atoms in total. The van der Waals surface area contributed by atoms with Gasteiger partial charge in [0.25, 0.3) is 0 Å². The summed E-state index contributed by atoms with van der Waals surface area (Å²) in [6, 6.07) is 9.69. The van der Waals surface area contributed by atoms with Crippen molar-refractivity contribution in [3.63, 3.8) is 0 Å². The van der Waals surface area contributed by atoms with Crippen LogP contribution in [0.25, 0.3) is 0 Å². The minimum Gasteiger partial charge on any atom is -0.467 e. The van der Waals surface area contributed by atoms with Crippen LogP contribution in [0, 0.1) is 0 Å². The number of hydrogen-bond donors (Lipinski definition) is 0. The number of aromatic nitrogens is 5. The number of tetrazole rings is 1. The summed E-state index contributed by atoms with van der Waals surface area (Å²) in [6.45, 7) is 0.548. The molecular weight excluding hydrogens is 274 g/mol. The van der Waals surface area contributed by atoms with E-state index in [9.17, 15) is 0 Å². The quantitative estimate of drug-likeness (QED) is 0.646. The van der Waals surface area contributed by atoms with Crippen LogP contribution >= 0.6 is 11.8 Å². The third-order valence-electron chi connectivity index (χ3n) is 2.70. The van der Waals surface area contributed by atoms with E-state index in [4.69, 9.17) is 4.42 Å². The minimum atomic E-state index is 0.548. The lowest BCUT2D eigenvalue weighted by Gasteiger charge is -2.02. The number of thioether (sulfide) groups is 1. The van der Waals surface area contributed by atoms with Crippen LogP contribution in [-0.4, -0.2) is 30.9 Å². The highest BCUT2D eigenvalue weighted by Crippen LogP contribution is 2.16. The first-order valence-electron chi connectivity index (χ1n) is 6.23. The molecule has 0 N–H and O–H groups in total. The Balaban J connectivity index is 1.57. The van der Waals surface area contributed by atoms with Crippen LogP contribution in [0.3, 0.4) is 0 Å². The molecule has 3 aromatic heterocycles. The third-order valence-corrected chi connectivity index (χ3v) is 3.66. The van der Waals surface area contributed by atoms with E-state index in [1.165, 1.54) is 0 Å². The second-order valence-corrected chi connectivity index (χ2v) is 5.18. The lowest BCUT2D eigenvalue weighted by Crippen LogP contribution is -2.03. The zero-order valence-corrected chi connectivity index (χ0v) is 11.5. The maximum atomic E-state index is 5.30. The molecule has 3 rings (SSSR count). The van der Waals surface area contributed by atoms with Crippen LogP contribution in [-0.2, 0) is 13.0 Å². The highest BCUT2D eigenvalue weighted by atomic mass is 32.2. The summed E-state index contributed by atoms with van der Waals surface area (Å²) in [5.74, 6) is 1.72. The average molecular weight is 287 g/mol. The lowest BCUT2D eigenvalue weighted by molar-refractivity contribution is 0.462. The van der Waals surface area contributed by atoms with Crippen LogP contribution in [0.5, 0.6) is 0 Å². The first-order valence-corrected chi connectivity index (χ1v) is 7.21. The Morgan fingerprint density at radius 3 is 3.00 bits per heavy atom. The molecule has 0 amide bonds. The molecule has 7 heteroatoms. The van der Waals surface area contributed by atoms with Crippen molar-refractivity contribution in [2.75, 3.05) is 5.75 Å². The molecule has 0 aliphatic carbocycles. The van der Waals surface area contributed by atoms with Gasteiger partial charge < -0.3 is 4.42 Å². The summed E-state index contributed by atoms with van der Waals surface area (Å²) in [4.78, 5) is 4.29. The van der Waals surface area contributed by atoms with Gasteiger partial charge in [0, 0.05) is 17.6 Å². The third kappa shape index (κ3) is 3.24. The summed E-state index contributed by atoms with van der Waals surface area (Å²) >= 11 is 1.62. The number of hydrogen-bond acceptors (Lipinski definition) is 6. The molecule has 0 spiro atoms. The van der Waals surface area contributed by atoms with Gasteiger partial charge in [0.15, 0.2) is 0 Å². The topological polar surface area (TPSA) is 69.6 Å². The van der Waals surface area contributed by atoms with Gasteiger partial charge in [-0.2, -0.15) is 0 Å². The summed E-state index contributed by atoms with van der Waals surface area (Å²) in [7, 11) is 0. The number of rotatable bonds is 6. The number of aryl methyl sites for hydroxylation is 1. The van der Waals surface area contributed by atoms with E-state index in [1.807, 2.05) is 30.3 Å². The lowest BCUT2D eigenvalue weighted by atomic mass is 10.3. The van der Waals surface area contributed by atoms with Gasteiger partial charge in [-0.3, -0.25) is 4.98 Å². The Labute approximate surface area is 120 Å². The van der Waals surface area contributed by atoms with E-state index >= 15 is 0 Å². The Morgan fingerprint density at radius 2 is 2.20 bits per heavy atom. The van der Waals surface area contributed by atoms with Crippen molar-refractivity contribution < 1.29 is 4.42 Å². The van der Waals surface area contributed by atoms with Gasteiger partial charge in [-0.25, -0.2) is 4.68 Å². The van der Waals surface area contributed by atoms with E-state index in [0.717, 1.165) is 28.8 Å². The first kappa shape index (κ1) is 12.9. The predicted octanol–water partition coefficient (Wildman–Crippen LogP) is 2.04. The Hall–Kier alpha value is -2.15. The van der Waals surface area contributed by atoms with Gasteiger partial charge in [0.05, 0.1) is 6.26 Å². The Bertz CT molecular complexity index is 638. The molecule has 0 fully saturated rings. The summed E-state index contributed by atoms with van der Waals surface area (Å²) < 4.78 is 7.04. The van der Waals surface area contributed by atoms with Crippen molar-refractivity contribution in [3.8, 4) is 0 Å². The van der Waals surface area contributed by atoms with Crippen LogP contribution < -0.4 is 0 Å². The molecule has 3 heterocycles. The molecule has 0 unspecified atom stereocenters. The van der Waals surface area contributed by atoms with Gasteiger partial charge in [-0.05, 0) is 41.1 Å². The average Bonchev–Trinajstić information content (AvgIpc) is 3.13. The first-order chi connectivity index (χ1) is 9.92. The molecule has 0 atom stereocenters. The monoisotopic (exact) mass is 287 g/mol. The second-order valence-electron chi connectivity index (χ2n) is 4.12.